The van der Waals surface area contributed by atoms with E-state index in [2.05, 4.69) is 4.74 Å². The van der Waals surface area contributed by atoms with Gasteiger partial charge >= 0.3 is 17.9 Å². The van der Waals surface area contributed by atoms with Crippen LogP contribution in [0.1, 0.15) is 0 Å². The Morgan fingerprint density at radius 2 is 0.821 bits per heavy atom. The van der Waals surface area contributed by atoms with Crippen LogP contribution >= 0.6 is 0 Å². The smallest absolute Gasteiger partial charge is 0.332 e. The van der Waals surface area contributed by atoms with Crippen LogP contribution in [0.5, 0.6) is 0 Å². The Bertz CT molecular complexity index is 414. The molecule has 0 rings (SSSR count). The first-order valence-corrected chi connectivity index (χ1v) is 8.58. The van der Waals surface area contributed by atoms with Crippen LogP contribution in [0.25, 0.3) is 0 Å². The summed E-state index contributed by atoms with van der Waals surface area (Å²) in [7, 11) is 0. The Morgan fingerprint density at radius 3 is 1.25 bits per heavy atom. The maximum Gasteiger partial charge on any atom is 0.332 e. The van der Waals surface area contributed by atoms with E-state index in [9.17, 15) is 14.4 Å². The zero-order valence-corrected chi connectivity index (χ0v) is 15.7. The summed E-state index contributed by atoms with van der Waals surface area (Å²) < 4.78 is 35.0. The molecule has 0 saturated heterocycles. The summed E-state index contributed by atoms with van der Waals surface area (Å²) in [6, 6.07) is 0. The molecule has 0 fully saturated rings. The van der Waals surface area contributed by atoms with Crippen molar-refractivity contribution >= 4 is 17.9 Å². The van der Waals surface area contributed by atoms with E-state index in [1.165, 1.54) is 0 Å². The average Bonchev–Trinajstić information content (AvgIpc) is 2.63. The molecule has 0 spiro atoms. The molecular formula is C16H28O12. The van der Waals surface area contributed by atoms with Gasteiger partial charge in [0.2, 0.25) is 0 Å². The van der Waals surface area contributed by atoms with Gasteiger partial charge in [-0.1, -0.05) is 0 Å². The van der Waals surface area contributed by atoms with Gasteiger partial charge in [0.05, 0.1) is 59.5 Å². The van der Waals surface area contributed by atoms with Gasteiger partial charge in [-0.3, -0.25) is 0 Å². The van der Waals surface area contributed by atoms with E-state index >= 15 is 0 Å². The molecule has 0 atom stereocenters. The largest absolute Gasteiger partial charge is 0.480 e. The number of aliphatic carboxylic acids is 2. The fourth-order valence-electron chi connectivity index (χ4n) is 1.52. The van der Waals surface area contributed by atoms with Crippen LogP contribution < -0.4 is 0 Å². The van der Waals surface area contributed by atoms with E-state index < -0.39 is 31.1 Å². The fraction of sp³-hybridized carbons (Fsp3) is 0.812. The van der Waals surface area contributed by atoms with E-state index in [0.717, 1.165) is 0 Å². The molecule has 0 aliphatic carbocycles. The standard InChI is InChI=1S/C16H28O12/c17-14(18)11-26-8-7-24-4-3-22-1-2-23-5-6-25-9-10-28-16(21)13-27-12-15(19)20/h1-13H2,(H,17,18)(H,19,20). The number of hydrogen-bond donors (Lipinski definition) is 2. The van der Waals surface area contributed by atoms with E-state index in [1.807, 2.05) is 0 Å². The summed E-state index contributed by atoms with van der Waals surface area (Å²) >= 11 is 0. The highest BCUT2D eigenvalue weighted by Crippen LogP contribution is 1.86. The molecule has 0 aromatic rings. The molecule has 28 heavy (non-hydrogen) atoms. The second-order valence-electron chi connectivity index (χ2n) is 5.00. The van der Waals surface area contributed by atoms with E-state index in [4.69, 9.17) is 38.6 Å². The van der Waals surface area contributed by atoms with Crippen LogP contribution in [0, 0.1) is 0 Å². The molecule has 164 valence electrons. The van der Waals surface area contributed by atoms with Crippen molar-refractivity contribution in [3.8, 4) is 0 Å². The van der Waals surface area contributed by atoms with Gasteiger partial charge in [0.15, 0.2) is 0 Å². The number of carbonyl (C=O) groups excluding carboxylic acids is 1. The molecule has 12 heteroatoms. The van der Waals surface area contributed by atoms with Crippen molar-refractivity contribution < 1.29 is 57.8 Å². The molecule has 0 radical (unpaired) electrons. The van der Waals surface area contributed by atoms with Crippen molar-refractivity contribution in [3.05, 3.63) is 0 Å². The lowest BCUT2D eigenvalue weighted by atomic mass is 10.6. The Morgan fingerprint density at radius 1 is 0.464 bits per heavy atom. The third kappa shape index (κ3) is 22.2. The van der Waals surface area contributed by atoms with Crippen LogP contribution in [-0.2, 0) is 47.5 Å². The summed E-state index contributed by atoms with van der Waals surface area (Å²) in [4.78, 5) is 31.5. The Kier molecular flexibility index (Phi) is 18.6. The third-order valence-electron chi connectivity index (χ3n) is 2.65. The Labute approximate surface area is 162 Å². The highest BCUT2D eigenvalue weighted by Gasteiger charge is 2.04. The minimum absolute atomic E-state index is 0.0414. The zero-order valence-electron chi connectivity index (χ0n) is 15.7. The zero-order chi connectivity index (χ0) is 20.9. The van der Waals surface area contributed by atoms with E-state index in [-0.39, 0.29) is 26.4 Å². The summed E-state index contributed by atoms with van der Waals surface area (Å²) in [6.07, 6.45) is 0. The maximum atomic E-state index is 11.1. The lowest BCUT2D eigenvalue weighted by Gasteiger charge is -2.08. The number of carboxylic acid groups (broad SMARTS) is 2. The van der Waals surface area contributed by atoms with Crippen LogP contribution in [0.3, 0.4) is 0 Å². The van der Waals surface area contributed by atoms with Crippen molar-refractivity contribution in [3.63, 3.8) is 0 Å². The number of esters is 1. The number of ether oxygens (including phenoxy) is 7. The Balaban J connectivity index is 3.13. The molecule has 12 nitrogen and oxygen atoms in total. The highest BCUT2D eigenvalue weighted by molar-refractivity contribution is 5.72. The topological polar surface area (TPSA) is 156 Å². The van der Waals surface area contributed by atoms with Crippen molar-refractivity contribution in [2.24, 2.45) is 0 Å². The SMILES string of the molecule is O=C(O)COCCOCCOCCOCCOCCOC(=O)COCC(=O)O. The predicted molar refractivity (Wildman–Crippen MR) is 91.1 cm³/mol. The van der Waals surface area contributed by atoms with Gasteiger partial charge in [-0.25, -0.2) is 14.4 Å². The van der Waals surface area contributed by atoms with Crippen LogP contribution in [-0.4, -0.2) is 114 Å². The van der Waals surface area contributed by atoms with Gasteiger partial charge in [0.1, 0.15) is 26.4 Å². The third-order valence-corrected chi connectivity index (χ3v) is 2.65. The minimum atomic E-state index is -1.16. The normalized spacial score (nSPS) is 10.7. The van der Waals surface area contributed by atoms with Crippen molar-refractivity contribution in [1.82, 2.24) is 0 Å². The molecule has 0 aromatic heterocycles. The summed E-state index contributed by atoms with van der Waals surface area (Å²) in [5.41, 5.74) is 0. The first-order chi connectivity index (χ1) is 13.5. The number of rotatable bonds is 21. The van der Waals surface area contributed by atoms with Crippen LogP contribution in [0.4, 0.5) is 0 Å². The minimum Gasteiger partial charge on any atom is -0.480 e. The van der Waals surface area contributed by atoms with Gasteiger partial charge < -0.3 is 43.4 Å². The van der Waals surface area contributed by atoms with E-state index in [1.54, 1.807) is 0 Å². The molecule has 2 N–H and O–H groups in total. The predicted octanol–water partition coefficient (Wildman–Crippen LogP) is -1.20. The number of hydrogen-bond acceptors (Lipinski definition) is 10. The van der Waals surface area contributed by atoms with Gasteiger partial charge in [-0.05, 0) is 0 Å². The van der Waals surface area contributed by atoms with Gasteiger partial charge in [0, 0.05) is 0 Å². The molecule has 0 heterocycles. The van der Waals surface area contributed by atoms with Crippen molar-refractivity contribution in [1.29, 1.82) is 0 Å². The lowest BCUT2D eigenvalue weighted by Crippen LogP contribution is -2.19. The molecular weight excluding hydrogens is 384 g/mol. The Hall–Kier alpha value is -1.83. The first kappa shape index (κ1) is 26.2. The number of carbonyl (C=O) groups is 3. The monoisotopic (exact) mass is 412 g/mol. The van der Waals surface area contributed by atoms with Gasteiger partial charge in [0.25, 0.3) is 0 Å². The summed E-state index contributed by atoms with van der Waals surface area (Å²) in [5.74, 6) is -2.83. The fourth-order valence-corrected chi connectivity index (χ4v) is 1.52. The van der Waals surface area contributed by atoms with Crippen LogP contribution in [0.2, 0.25) is 0 Å². The average molecular weight is 412 g/mol. The molecule has 0 unspecified atom stereocenters. The summed E-state index contributed by atoms with van der Waals surface area (Å²) in [6.45, 7) is 1.68. The van der Waals surface area contributed by atoms with Crippen molar-refractivity contribution in [2.45, 2.75) is 0 Å². The first-order valence-electron chi connectivity index (χ1n) is 8.58. The van der Waals surface area contributed by atoms with Gasteiger partial charge in [-0.2, -0.15) is 0 Å². The lowest BCUT2D eigenvalue weighted by molar-refractivity contribution is -0.154. The van der Waals surface area contributed by atoms with Crippen LogP contribution in [0.15, 0.2) is 0 Å². The second kappa shape index (κ2) is 19.9. The van der Waals surface area contributed by atoms with Crippen molar-refractivity contribution in [2.75, 3.05) is 85.9 Å². The summed E-state index contributed by atoms with van der Waals surface area (Å²) in [5, 5.41) is 16.7. The molecule has 0 saturated carbocycles. The molecule has 0 bridgehead atoms. The van der Waals surface area contributed by atoms with Gasteiger partial charge in [-0.15, -0.1) is 0 Å². The maximum absolute atomic E-state index is 11.1. The molecule has 0 amide bonds. The second-order valence-corrected chi connectivity index (χ2v) is 5.00. The van der Waals surface area contributed by atoms with E-state index in [0.29, 0.717) is 46.2 Å². The highest BCUT2D eigenvalue weighted by atomic mass is 16.6. The molecule has 0 aliphatic heterocycles. The molecule has 0 aliphatic rings. The number of carboxylic acids is 2. The molecule has 0 aromatic carbocycles. The quantitative estimate of drug-likeness (QED) is 0.172.